The third kappa shape index (κ3) is 3.07. The van der Waals surface area contributed by atoms with E-state index in [-0.39, 0.29) is 23.0 Å². The van der Waals surface area contributed by atoms with Crippen LogP contribution in [0.25, 0.3) is 16.8 Å². The predicted molar refractivity (Wildman–Crippen MR) is 97.2 cm³/mol. The lowest BCUT2D eigenvalue weighted by atomic mass is 10.1. The van der Waals surface area contributed by atoms with Gasteiger partial charge in [0.15, 0.2) is 11.2 Å². The molecule has 0 aliphatic carbocycles. The van der Waals surface area contributed by atoms with E-state index in [4.69, 9.17) is 0 Å². The number of carbonyl (C=O) groups excluding carboxylic acids is 2. The molecule has 1 aromatic carbocycles. The number of rotatable bonds is 2. The van der Waals surface area contributed by atoms with Crippen LogP contribution in [-0.2, 0) is 4.79 Å². The Hall–Kier alpha value is -3.49. The van der Waals surface area contributed by atoms with Gasteiger partial charge in [0.05, 0.1) is 11.9 Å². The van der Waals surface area contributed by atoms with Crippen molar-refractivity contribution in [3.8, 4) is 11.3 Å². The standard InChI is InChI=1S/C18H18N6O3/c1-12(25)22-7-9-23(10-8-22)18(27)15-16-17(26)19-14(11-24(16)21-20-15)13-5-3-2-4-6-13/h2-6,11H,7-10H2,1H3,(H,19,26). The molecule has 27 heavy (non-hydrogen) atoms. The van der Waals surface area contributed by atoms with Gasteiger partial charge in [-0.05, 0) is 5.56 Å². The largest absolute Gasteiger partial charge is 0.339 e. The zero-order valence-electron chi connectivity index (χ0n) is 14.8. The highest BCUT2D eigenvalue weighted by Gasteiger charge is 2.27. The van der Waals surface area contributed by atoms with E-state index >= 15 is 0 Å². The number of fused-ring (bicyclic) bond motifs is 1. The summed E-state index contributed by atoms with van der Waals surface area (Å²) in [4.78, 5) is 42.9. The molecule has 1 fully saturated rings. The van der Waals surface area contributed by atoms with E-state index in [1.54, 1.807) is 16.0 Å². The third-order valence-electron chi connectivity index (χ3n) is 4.71. The fraction of sp³-hybridized carbons (Fsp3) is 0.278. The predicted octanol–water partition coefficient (Wildman–Crippen LogP) is 0.389. The Bertz CT molecular complexity index is 1060. The van der Waals surface area contributed by atoms with Crippen LogP contribution in [0.3, 0.4) is 0 Å². The quantitative estimate of drug-likeness (QED) is 0.707. The van der Waals surface area contributed by atoms with E-state index in [2.05, 4.69) is 15.3 Å². The van der Waals surface area contributed by atoms with E-state index in [0.717, 1.165) is 5.56 Å². The van der Waals surface area contributed by atoms with Crippen molar-refractivity contribution in [1.29, 1.82) is 0 Å². The summed E-state index contributed by atoms with van der Waals surface area (Å²) in [6.07, 6.45) is 1.64. The van der Waals surface area contributed by atoms with Crippen molar-refractivity contribution >= 4 is 17.3 Å². The summed E-state index contributed by atoms with van der Waals surface area (Å²) in [5.41, 5.74) is 1.14. The van der Waals surface area contributed by atoms with Crippen molar-refractivity contribution in [2.24, 2.45) is 0 Å². The highest BCUT2D eigenvalue weighted by atomic mass is 16.2. The molecule has 3 heterocycles. The molecule has 1 N–H and O–H groups in total. The van der Waals surface area contributed by atoms with E-state index in [9.17, 15) is 14.4 Å². The second-order valence-electron chi connectivity index (χ2n) is 6.39. The first-order valence-electron chi connectivity index (χ1n) is 8.63. The minimum absolute atomic E-state index is 0.0129. The van der Waals surface area contributed by atoms with Gasteiger partial charge in [0.2, 0.25) is 5.91 Å². The first-order chi connectivity index (χ1) is 13.0. The fourth-order valence-corrected chi connectivity index (χ4v) is 3.21. The number of carbonyl (C=O) groups is 2. The molecule has 0 spiro atoms. The van der Waals surface area contributed by atoms with E-state index in [1.807, 2.05) is 30.3 Å². The molecule has 2 aromatic heterocycles. The lowest BCUT2D eigenvalue weighted by Crippen LogP contribution is -2.50. The molecule has 1 aliphatic rings. The molecule has 138 valence electrons. The molecule has 0 atom stereocenters. The average Bonchev–Trinajstić information content (AvgIpc) is 3.13. The number of hydrogen-bond acceptors (Lipinski definition) is 5. The molecule has 2 amide bonds. The maximum atomic E-state index is 12.8. The number of nitrogens with one attached hydrogen (secondary N) is 1. The number of aromatic nitrogens is 4. The van der Waals surface area contributed by atoms with Crippen LogP contribution in [0.15, 0.2) is 41.3 Å². The van der Waals surface area contributed by atoms with Crippen LogP contribution in [0.4, 0.5) is 0 Å². The van der Waals surface area contributed by atoms with Crippen LogP contribution in [-0.4, -0.2) is 67.6 Å². The lowest BCUT2D eigenvalue weighted by Gasteiger charge is -2.33. The Morgan fingerprint density at radius 1 is 1.04 bits per heavy atom. The highest BCUT2D eigenvalue weighted by Crippen LogP contribution is 2.16. The second kappa shape index (κ2) is 6.67. The van der Waals surface area contributed by atoms with E-state index in [0.29, 0.717) is 31.9 Å². The lowest BCUT2D eigenvalue weighted by molar-refractivity contribution is -0.130. The number of piperazine rings is 1. The first-order valence-corrected chi connectivity index (χ1v) is 8.63. The van der Waals surface area contributed by atoms with Gasteiger partial charge in [0, 0.05) is 33.1 Å². The van der Waals surface area contributed by atoms with Crippen LogP contribution in [0.1, 0.15) is 17.4 Å². The number of aromatic amines is 1. The number of nitrogens with zero attached hydrogens (tertiary/aromatic N) is 5. The normalized spacial score (nSPS) is 14.6. The van der Waals surface area contributed by atoms with Crippen LogP contribution in [0, 0.1) is 0 Å². The summed E-state index contributed by atoms with van der Waals surface area (Å²) in [6.45, 7) is 3.24. The van der Waals surface area contributed by atoms with Gasteiger partial charge in [0.25, 0.3) is 11.5 Å². The van der Waals surface area contributed by atoms with Gasteiger partial charge in [-0.1, -0.05) is 35.5 Å². The minimum Gasteiger partial charge on any atom is -0.339 e. The molecule has 1 saturated heterocycles. The van der Waals surface area contributed by atoms with Crippen LogP contribution in [0.5, 0.6) is 0 Å². The van der Waals surface area contributed by atoms with Gasteiger partial charge in [-0.2, -0.15) is 0 Å². The van der Waals surface area contributed by atoms with Crippen molar-refractivity contribution in [3.05, 3.63) is 52.6 Å². The molecule has 0 bridgehead atoms. The molecule has 0 radical (unpaired) electrons. The number of H-pyrrole nitrogens is 1. The summed E-state index contributed by atoms with van der Waals surface area (Å²) in [5, 5.41) is 7.90. The SMILES string of the molecule is CC(=O)N1CCN(C(=O)c2nnn3cc(-c4ccccc4)[nH]c(=O)c23)CC1. The van der Waals surface area contributed by atoms with Crippen LogP contribution in [0.2, 0.25) is 0 Å². The molecule has 9 heteroatoms. The zero-order valence-corrected chi connectivity index (χ0v) is 14.8. The average molecular weight is 366 g/mol. The topological polar surface area (TPSA) is 104 Å². The number of benzene rings is 1. The monoisotopic (exact) mass is 366 g/mol. The second-order valence-corrected chi connectivity index (χ2v) is 6.39. The first kappa shape index (κ1) is 17.0. The van der Waals surface area contributed by atoms with Crippen LogP contribution >= 0.6 is 0 Å². The van der Waals surface area contributed by atoms with Crippen molar-refractivity contribution in [3.63, 3.8) is 0 Å². The van der Waals surface area contributed by atoms with Crippen molar-refractivity contribution < 1.29 is 9.59 Å². The van der Waals surface area contributed by atoms with Gasteiger partial charge in [-0.25, -0.2) is 4.52 Å². The van der Waals surface area contributed by atoms with E-state index in [1.165, 1.54) is 11.4 Å². The van der Waals surface area contributed by atoms with Gasteiger partial charge < -0.3 is 14.8 Å². The molecule has 1 aliphatic heterocycles. The van der Waals surface area contributed by atoms with Crippen molar-refractivity contribution in [2.75, 3.05) is 26.2 Å². The van der Waals surface area contributed by atoms with Crippen LogP contribution < -0.4 is 5.56 Å². The maximum Gasteiger partial charge on any atom is 0.277 e. The Balaban J connectivity index is 1.65. The molecular formula is C18H18N6O3. The van der Waals surface area contributed by atoms with E-state index < -0.39 is 5.56 Å². The number of hydrogen-bond donors (Lipinski definition) is 1. The summed E-state index contributed by atoms with van der Waals surface area (Å²) in [7, 11) is 0. The minimum atomic E-state index is -0.424. The highest BCUT2D eigenvalue weighted by molar-refractivity contribution is 5.98. The van der Waals surface area contributed by atoms with Crippen molar-refractivity contribution in [1.82, 2.24) is 29.6 Å². The number of amides is 2. The van der Waals surface area contributed by atoms with Gasteiger partial charge in [-0.15, -0.1) is 5.10 Å². The smallest absolute Gasteiger partial charge is 0.277 e. The Kier molecular flexibility index (Phi) is 4.19. The maximum absolute atomic E-state index is 12.8. The Morgan fingerprint density at radius 3 is 2.37 bits per heavy atom. The molecule has 4 rings (SSSR count). The molecular weight excluding hydrogens is 348 g/mol. The summed E-state index contributed by atoms with van der Waals surface area (Å²) in [6, 6.07) is 9.37. The molecule has 0 saturated carbocycles. The zero-order chi connectivity index (χ0) is 19.0. The summed E-state index contributed by atoms with van der Waals surface area (Å²) < 4.78 is 1.33. The van der Waals surface area contributed by atoms with Gasteiger partial charge in [-0.3, -0.25) is 14.4 Å². The molecule has 3 aromatic rings. The molecule has 0 unspecified atom stereocenters. The Morgan fingerprint density at radius 2 is 1.70 bits per heavy atom. The van der Waals surface area contributed by atoms with Gasteiger partial charge >= 0.3 is 0 Å². The van der Waals surface area contributed by atoms with Crippen molar-refractivity contribution in [2.45, 2.75) is 6.92 Å². The summed E-state index contributed by atoms with van der Waals surface area (Å²) >= 11 is 0. The summed E-state index contributed by atoms with van der Waals surface area (Å²) in [5.74, 6) is -0.368. The molecule has 9 nitrogen and oxygen atoms in total. The van der Waals surface area contributed by atoms with Gasteiger partial charge in [0.1, 0.15) is 0 Å². The third-order valence-corrected chi connectivity index (χ3v) is 4.71. The fourth-order valence-electron chi connectivity index (χ4n) is 3.21. The Labute approximate surface area is 154 Å².